The maximum absolute atomic E-state index is 11.6. The van der Waals surface area contributed by atoms with Crippen LogP contribution in [0, 0.1) is 5.92 Å². The molecule has 17 heavy (non-hydrogen) atoms. The average Bonchev–Trinajstić information content (AvgIpc) is 2.23. The summed E-state index contributed by atoms with van der Waals surface area (Å²) in [6.07, 6.45) is 0. The van der Waals surface area contributed by atoms with Crippen molar-refractivity contribution in [2.45, 2.75) is 13.8 Å². The first-order chi connectivity index (χ1) is 7.86. The van der Waals surface area contributed by atoms with Crippen molar-refractivity contribution in [2.24, 2.45) is 5.92 Å². The first kappa shape index (κ1) is 15.2. The number of carboxylic acid groups (broad SMARTS) is 1. The Morgan fingerprint density at radius 1 is 1.29 bits per heavy atom. The molecule has 0 aliphatic heterocycles. The van der Waals surface area contributed by atoms with Crippen molar-refractivity contribution in [3.63, 3.8) is 0 Å². The highest BCUT2D eigenvalue weighted by Crippen LogP contribution is 1.98. The Balaban J connectivity index is 4.31. The molecule has 98 valence electrons. The Labute approximate surface area is 100 Å². The molecule has 3 N–H and O–H groups in total. The Hall–Kier alpha value is -1.79. The minimum Gasteiger partial charge on any atom is -0.480 e. The molecular formula is C10H19N3O4. The Bertz CT molecular complexity index is 291. The summed E-state index contributed by atoms with van der Waals surface area (Å²) in [4.78, 5) is 34.3. The van der Waals surface area contributed by atoms with Gasteiger partial charge in [0.25, 0.3) is 0 Å². The third-order valence-corrected chi connectivity index (χ3v) is 1.88. The van der Waals surface area contributed by atoms with Crippen molar-refractivity contribution in [1.29, 1.82) is 0 Å². The molecule has 0 atom stereocenters. The smallest absolute Gasteiger partial charge is 0.323 e. The minimum atomic E-state index is -1.08. The summed E-state index contributed by atoms with van der Waals surface area (Å²) >= 11 is 0. The molecule has 0 aromatic carbocycles. The number of nitrogens with one attached hydrogen (secondary N) is 2. The van der Waals surface area contributed by atoms with Crippen molar-refractivity contribution in [3.05, 3.63) is 0 Å². The second kappa shape index (κ2) is 7.48. The zero-order valence-electron chi connectivity index (χ0n) is 10.3. The number of aliphatic carboxylic acids is 1. The molecule has 0 saturated heterocycles. The van der Waals surface area contributed by atoms with Crippen LogP contribution in [0.3, 0.4) is 0 Å². The van der Waals surface area contributed by atoms with Gasteiger partial charge in [0.15, 0.2) is 0 Å². The molecule has 7 nitrogen and oxygen atoms in total. The molecule has 0 saturated carbocycles. The predicted octanol–water partition coefficient (Wildman–Crippen LogP) is -0.515. The maximum Gasteiger partial charge on any atom is 0.323 e. The predicted molar refractivity (Wildman–Crippen MR) is 61.5 cm³/mol. The Kier molecular flexibility index (Phi) is 6.69. The third-order valence-electron chi connectivity index (χ3n) is 1.88. The maximum atomic E-state index is 11.6. The summed E-state index contributed by atoms with van der Waals surface area (Å²) in [7, 11) is 1.46. The largest absolute Gasteiger partial charge is 0.480 e. The van der Waals surface area contributed by atoms with Crippen molar-refractivity contribution < 1.29 is 19.5 Å². The van der Waals surface area contributed by atoms with Crippen molar-refractivity contribution in [1.82, 2.24) is 15.5 Å². The molecule has 0 spiro atoms. The standard InChI is InChI=1S/C10H19N3O4/c1-7(2)5-13(6-9(15)16)10(17)12-4-8(14)11-3/h7H,4-6H2,1-3H3,(H,11,14)(H,12,17)(H,15,16). The van der Waals surface area contributed by atoms with Crippen LogP contribution in [0.1, 0.15) is 13.8 Å². The highest BCUT2D eigenvalue weighted by molar-refractivity contribution is 5.85. The van der Waals surface area contributed by atoms with E-state index in [4.69, 9.17) is 5.11 Å². The number of urea groups is 1. The molecule has 0 radical (unpaired) electrons. The fraction of sp³-hybridized carbons (Fsp3) is 0.700. The Morgan fingerprint density at radius 3 is 2.29 bits per heavy atom. The number of carboxylic acids is 1. The van der Waals surface area contributed by atoms with Gasteiger partial charge in [0, 0.05) is 13.6 Å². The molecule has 0 rings (SSSR count). The van der Waals surface area contributed by atoms with Crippen molar-refractivity contribution in [2.75, 3.05) is 26.7 Å². The number of hydrogen-bond acceptors (Lipinski definition) is 3. The fourth-order valence-corrected chi connectivity index (χ4v) is 1.18. The topological polar surface area (TPSA) is 98.7 Å². The van der Waals surface area contributed by atoms with Gasteiger partial charge in [-0.1, -0.05) is 13.8 Å². The van der Waals surface area contributed by atoms with Gasteiger partial charge >= 0.3 is 12.0 Å². The van der Waals surface area contributed by atoms with E-state index in [0.29, 0.717) is 6.54 Å². The molecule has 7 heteroatoms. The van der Waals surface area contributed by atoms with Crippen molar-refractivity contribution in [3.8, 4) is 0 Å². The number of carbonyl (C=O) groups is 3. The molecule has 0 bridgehead atoms. The summed E-state index contributed by atoms with van der Waals surface area (Å²) in [6.45, 7) is 3.54. The first-order valence-corrected chi connectivity index (χ1v) is 5.32. The van der Waals surface area contributed by atoms with Gasteiger partial charge in [0.05, 0.1) is 6.54 Å². The molecule has 0 unspecified atom stereocenters. The lowest BCUT2D eigenvalue weighted by molar-refractivity contribution is -0.137. The van der Waals surface area contributed by atoms with Crippen molar-refractivity contribution >= 4 is 17.9 Å². The lowest BCUT2D eigenvalue weighted by Gasteiger charge is -2.22. The third kappa shape index (κ3) is 7.15. The number of amides is 3. The van der Waals surface area contributed by atoms with Crippen LogP contribution in [0.5, 0.6) is 0 Å². The van der Waals surface area contributed by atoms with Gasteiger partial charge < -0.3 is 20.6 Å². The highest BCUT2D eigenvalue weighted by atomic mass is 16.4. The molecular weight excluding hydrogens is 226 g/mol. The van der Waals surface area contributed by atoms with E-state index in [9.17, 15) is 14.4 Å². The first-order valence-electron chi connectivity index (χ1n) is 5.32. The fourth-order valence-electron chi connectivity index (χ4n) is 1.18. The van der Waals surface area contributed by atoms with Gasteiger partial charge in [-0.3, -0.25) is 9.59 Å². The number of hydrogen-bond donors (Lipinski definition) is 3. The lowest BCUT2D eigenvalue weighted by atomic mass is 10.2. The van der Waals surface area contributed by atoms with E-state index in [0.717, 1.165) is 4.90 Å². The lowest BCUT2D eigenvalue weighted by Crippen LogP contribution is -2.47. The van der Waals surface area contributed by atoms with Gasteiger partial charge in [0.2, 0.25) is 5.91 Å². The monoisotopic (exact) mass is 245 g/mol. The van der Waals surface area contributed by atoms with Gasteiger partial charge in [-0.05, 0) is 5.92 Å². The van der Waals surface area contributed by atoms with Gasteiger partial charge in [0.1, 0.15) is 6.54 Å². The highest BCUT2D eigenvalue weighted by Gasteiger charge is 2.17. The van der Waals surface area contributed by atoms with Crippen LogP contribution in [0.2, 0.25) is 0 Å². The van der Waals surface area contributed by atoms with Crippen LogP contribution in [0.15, 0.2) is 0 Å². The number of likely N-dealkylation sites (N-methyl/N-ethyl adjacent to an activating group) is 1. The van der Waals surface area contributed by atoms with Gasteiger partial charge in [-0.2, -0.15) is 0 Å². The molecule has 0 aromatic rings. The summed E-state index contributed by atoms with van der Waals surface area (Å²) < 4.78 is 0. The van der Waals surface area contributed by atoms with E-state index in [2.05, 4.69) is 10.6 Å². The second-order valence-corrected chi connectivity index (χ2v) is 4.00. The van der Waals surface area contributed by atoms with E-state index in [1.807, 2.05) is 13.8 Å². The van der Waals surface area contributed by atoms with Crippen LogP contribution in [-0.4, -0.2) is 54.6 Å². The van der Waals surface area contributed by atoms with Gasteiger partial charge in [-0.15, -0.1) is 0 Å². The SMILES string of the molecule is CNC(=O)CNC(=O)N(CC(=O)O)CC(C)C. The summed E-state index contributed by atoms with van der Waals surface area (Å²) in [5, 5.41) is 13.4. The van der Waals surface area contributed by atoms with Gasteiger partial charge in [-0.25, -0.2) is 4.79 Å². The normalized spacial score (nSPS) is 9.88. The zero-order chi connectivity index (χ0) is 13.4. The molecule has 0 aliphatic rings. The summed E-state index contributed by atoms with van der Waals surface area (Å²) in [5.41, 5.74) is 0. The van der Waals surface area contributed by atoms with Crippen LogP contribution in [0.25, 0.3) is 0 Å². The van der Waals surface area contributed by atoms with E-state index in [1.165, 1.54) is 7.05 Å². The van der Waals surface area contributed by atoms with E-state index >= 15 is 0 Å². The molecule has 0 aliphatic carbocycles. The average molecular weight is 245 g/mol. The number of nitrogens with zero attached hydrogens (tertiary/aromatic N) is 1. The van der Waals surface area contributed by atoms with Crippen LogP contribution < -0.4 is 10.6 Å². The molecule has 0 aromatic heterocycles. The number of carbonyl (C=O) groups excluding carboxylic acids is 2. The molecule has 3 amide bonds. The van der Waals surface area contributed by atoms with E-state index in [1.54, 1.807) is 0 Å². The van der Waals surface area contributed by atoms with Crippen LogP contribution in [-0.2, 0) is 9.59 Å². The summed E-state index contributed by atoms with van der Waals surface area (Å²) in [5.74, 6) is -1.26. The second-order valence-electron chi connectivity index (χ2n) is 4.00. The quantitative estimate of drug-likeness (QED) is 0.586. The molecule has 0 heterocycles. The molecule has 0 fully saturated rings. The zero-order valence-corrected chi connectivity index (χ0v) is 10.3. The van der Waals surface area contributed by atoms with Crippen LogP contribution >= 0.6 is 0 Å². The van der Waals surface area contributed by atoms with Crippen LogP contribution in [0.4, 0.5) is 4.79 Å². The van der Waals surface area contributed by atoms with E-state index in [-0.39, 0.29) is 24.9 Å². The Morgan fingerprint density at radius 2 is 1.88 bits per heavy atom. The van der Waals surface area contributed by atoms with E-state index < -0.39 is 12.0 Å². The minimum absolute atomic E-state index is 0.153. The summed E-state index contributed by atoms with van der Waals surface area (Å²) in [6, 6.07) is -0.551. The number of rotatable bonds is 6.